The van der Waals surface area contributed by atoms with Crippen molar-refractivity contribution in [3.05, 3.63) is 48.6 Å². The second-order valence-electron chi connectivity index (χ2n) is 4.84. The topological polar surface area (TPSA) is 32.3 Å². The SMILES string of the molecule is C=CCC(C)(NC(=O)c1ccccc1)C(=S)N(C)C. The van der Waals surface area contributed by atoms with Crippen molar-refractivity contribution in [2.45, 2.75) is 18.9 Å². The van der Waals surface area contributed by atoms with Crippen LogP contribution < -0.4 is 5.32 Å². The summed E-state index contributed by atoms with van der Waals surface area (Å²) in [5.41, 5.74) is 0.0207. The van der Waals surface area contributed by atoms with Crippen molar-refractivity contribution in [1.29, 1.82) is 0 Å². The zero-order valence-corrected chi connectivity index (χ0v) is 12.5. The van der Waals surface area contributed by atoms with Crippen molar-refractivity contribution < 1.29 is 4.79 Å². The zero-order valence-electron chi connectivity index (χ0n) is 11.6. The molecule has 1 unspecified atom stereocenters. The van der Waals surface area contributed by atoms with Gasteiger partial charge in [-0.05, 0) is 25.5 Å². The molecule has 1 amide bonds. The third kappa shape index (κ3) is 3.89. The lowest BCUT2D eigenvalue weighted by molar-refractivity contribution is 0.0926. The smallest absolute Gasteiger partial charge is 0.252 e. The molecule has 0 radical (unpaired) electrons. The molecule has 1 aromatic rings. The van der Waals surface area contributed by atoms with E-state index in [1.165, 1.54) is 0 Å². The summed E-state index contributed by atoms with van der Waals surface area (Å²) in [7, 11) is 3.75. The van der Waals surface area contributed by atoms with E-state index in [1.54, 1.807) is 18.2 Å². The van der Waals surface area contributed by atoms with Crippen molar-refractivity contribution in [3.8, 4) is 0 Å². The maximum absolute atomic E-state index is 12.2. The number of thiocarbonyl (C=S) groups is 1. The summed E-state index contributed by atoms with van der Waals surface area (Å²) in [4.78, 5) is 14.8. The molecular formula is C15H20N2OS. The number of amides is 1. The van der Waals surface area contributed by atoms with E-state index in [4.69, 9.17) is 12.2 Å². The Morgan fingerprint density at radius 3 is 2.47 bits per heavy atom. The highest BCUT2D eigenvalue weighted by molar-refractivity contribution is 7.80. The largest absolute Gasteiger partial charge is 0.370 e. The Balaban J connectivity index is 2.93. The molecule has 0 aromatic heterocycles. The van der Waals surface area contributed by atoms with Crippen LogP contribution >= 0.6 is 12.2 Å². The van der Waals surface area contributed by atoms with Crippen LogP contribution in [-0.2, 0) is 0 Å². The highest BCUT2D eigenvalue weighted by atomic mass is 32.1. The highest BCUT2D eigenvalue weighted by Crippen LogP contribution is 2.16. The molecule has 0 aliphatic heterocycles. The second-order valence-corrected chi connectivity index (χ2v) is 5.23. The number of carbonyl (C=O) groups is 1. The van der Waals surface area contributed by atoms with Gasteiger partial charge in [-0.15, -0.1) is 6.58 Å². The van der Waals surface area contributed by atoms with Gasteiger partial charge in [0.25, 0.3) is 5.91 Å². The number of nitrogens with one attached hydrogen (secondary N) is 1. The maximum Gasteiger partial charge on any atom is 0.252 e. The fourth-order valence-corrected chi connectivity index (χ4v) is 2.02. The second kappa shape index (κ2) is 6.48. The zero-order chi connectivity index (χ0) is 14.5. The Morgan fingerprint density at radius 2 is 2.00 bits per heavy atom. The Hall–Kier alpha value is -1.68. The van der Waals surface area contributed by atoms with Crippen LogP contribution in [0.4, 0.5) is 0 Å². The average molecular weight is 276 g/mol. The van der Waals surface area contributed by atoms with E-state index in [2.05, 4.69) is 11.9 Å². The van der Waals surface area contributed by atoms with Gasteiger partial charge in [0, 0.05) is 19.7 Å². The van der Waals surface area contributed by atoms with Gasteiger partial charge in [0.2, 0.25) is 0 Å². The number of benzene rings is 1. The third-order valence-corrected chi connectivity index (χ3v) is 3.67. The fourth-order valence-electron chi connectivity index (χ4n) is 1.89. The van der Waals surface area contributed by atoms with E-state index in [1.807, 2.05) is 44.1 Å². The number of likely N-dealkylation sites (N-methyl/N-ethyl adjacent to an activating group) is 1. The predicted octanol–water partition coefficient (Wildman–Crippen LogP) is 2.64. The lowest BCUT2D eigenvalue weighted by Gasteiger charge is -2.34. The molecule has 0 aliphatic carbocycles. The molecule has 0 spiro atoms. The van der Waals surface area contributed by atoms with Gasteiger partial charge in [0.05, 0.1) is 5.54 Å². The number of hydrogen-bond donors (Lipinski definition) is 1. The van der Waals surface area contributed by atoms with Crippen LogP contribution in [0.5, 0.6) is 0 Å². The van der Waals surface area contributed by atoms with Gasteiger partial charge in [0.15, 0.2) is 0 Å². The molecule has 3 nitrogen and oxygen atoms in total. The molecule has 0 aliphatic rings. The van der Waals surface area contributed by atoms with E-state index >= 15 is 0 Å². The van der Waals surface area contributed by atoms with Crippen LogP contribution in [0, 0.1) is 0 Å². The molecule has 0 bridgehead atoms. The monoisotopic (exact) mass is 276 g/mol. The van der Waals surface area contributed by atoms with Crippen LogP contribution in [0.3, 0.4) is 0 Å². The number of nitrogens with zero attached hydrogens (tertiary/aromatic N) is 1. The number of carbonyl (C=O) groups excluding carboxylic acids is 1. The van der Waals surface area contributed by atoms with Crippen molar-refractivity contribution in [1.82, 2.24) is 10.2 Å². The van der Waals surface area contributed by atoms with E-state index in [0.29, 0.717) is 17.0 Å². The Kier molecular flexibility index (Phi) is 5.24. The van der Waals surface area contributed by atoms with Gasteiger partial charge in [-0.3, -0.25) is 4.79 Å². The molecule has 1 atom stereocenters. The van der Waals surface area contributed by atoms with Crippen molar-refractivity contribution in [2.75, 3.05) is 14.1 Å². The van der Waals surface area contributed by atoms with E-state index in [0.717, 1.165) is 0 Å². The minimum atomic E-state index is -0.604. The molecule has 4 heteroatoms. The van der Waals surface area contributed by atoms with Crippen molar-refractivity contribution >= 4 is 23.1 Å². The summed E-state index contributed by atoms with van der Waals surface area (Å²) in [6.45, 7) is 5.65. The van der Waals surface area contributed by atoms with Gasteiger partial charge < -0.3 is 10.2 Å². The lowest BCUT2D eigenvalue weighted by atomic mass is 9.96. The number of rotatable bonds is 5. The molecule has 0 saturated heterocycles. The molecule has 102 valence electrons. The molecule has 0 saturated carbocycles. The van der Waals surface area contributed by atoms with Gasteiger partial charge in [0.1, 0.15) is 4.99 Å². The third-order valence-electron chi connectivity index (χ3n) is 2.86. The van der Waals surface area contributed by atoms with Crippen molar-refractivity contribution in [3.63, 3.8) is 0 Å². The molecular weight excluding hydrogens is 256 g/mol. The van der Waals surface area contributed by atoms with Crippen LogP contribution in [0.15, 0.2) is 43.0 Å². The maximum atomic E-state index is 12.2. The highest BCUT2D eigenvalue weighted by Gasteiger charge is 2.31. The minimum Gasteiger partial charge on any atom is -0.370 e. The summed E-state index contributed by atoms with van der Waals surface area (Å²) in [5, 5.41) is 3.00. The van der Waals surface area contributed by atoms with Gasteiger partial charge >= 0.3 is 0 Å². The van der Waals surface area contributed by atoms with Crippen LogP contribution in [0.25, 0.3) is 0 Å². The van der Waals surface area contributed by atoms with Crippen LogP contribution in [-0.4, -0.2) is 35.4 Å². The van der Waals surface area contributed by atoms with Crippen LogP contribution in [0.2, 0.25) is 0 Å². The fraction of sp³-hybridized carbons (Fsp3) is 0.333. The molecule has 1 rings (SSSR count). The van der Waals surface area contributed by atoms with E-state index in [-0.39, 0.29) is 5.91 Å². The summed E-state index contributed by atoms with van der Waals surface area (Å²) in [5.74, 6) is -0.130. The number of hydrogen-bond acceptors (Lipinski definition) is 2. The molecule has 1 N–H and O–H groups in total. The predicted molar refractivity (Wildman–Crippen MR) is 83.4 cm³/mol. The molecule has 0 heterocycles. The van der Waals surface area contributed by atoms with E-state index < -0.39 is 5.54 Å². The quantitative estimate of drug-likeness (QED) is 0.663. The summed E-state index contributed by atoms with van der Waals surface area (Å²) >= 11 is 5.41. The standard InChI is InChI=1S/C15H20N2OS/c1-5-11-15(2,14(19)17(3)4)16-13(18)12-9-7-6-8-10-12/h5-10H,1,11H2,2-4H3,(H,16,18). The Labute approximate surface area is 120 Å². The molecule has 0 fully saturated rings. The average Bonchev–Trinajstić information content (AvgIpc) is 2.38. The summed E-state index contributed by atoms with van der Waals surface area (Å²) in [6.07, 6.45) is 2.35. The first-order valence-electron chi connectivity index (χ1n) is 6.11. The molecule has 1 aromatic carbocycles. The van der Waals surface area contributed by atoms with Crippen LogP contribution in [0.1, 0.15) is 23.7 Å². The van der Waals surface area contributed by atoms with Gasteiger partial charge in [-0.2, -0.15) is 0 Å². The Bertz CT molecular complexity index is 470. The molecule has 19 heavy (non-hydrogen) atoms. The minimum absolute atomic E-state index is 0.130. The van der Waals surface area contributed by atoms with Gasteiger partial charge in [-0.25, -0.2) is 0 Å². The lowest BCUT2D eigenvalue weighted by Crippen LogP contribution is -2.55. The first-order chi connectivity index (χ1) is 8.90. The van der Waals surface area contributed by atoms with Crippen molar-refractivity contribution in [2.24, 2.45) is 0 Å². The first-order valence-corrected chi connectivity index (χ1v) is 6.52. The normalized spacial score (nSPS) is 13.2. The summed E-state index contributed by atoms with van der Waals surface area (Å²) in [6, 6.07) is 9.11. The van der Waals surface area contributed by atoms with Gasteiger partial charge in [-0.1, -0.05) is 36.5 Å². The Morgan fingerprint density at radius 1 is 1.42 bits per heavy atom. The summed E-state index contributed by atoms with van der Waals surface area (Å²) < 4.78 is 0. The first kappa shape index (κ1) is 15.4. The van der Waals surface area contributed by atoms with E-state index in [9.17, 15) is 4.79 Å².